The highest BCUT2D eigenvalue weighted by Gasteiger charge is 2.15. The lowest BCUT2D eigenvalue weighted by atomic mass is 10.1. The van der Waals surface area contributed by atoms with Crippen LogP contribution in [0.4, 0.5) is 10.2 Å². The number of halogens is 1. The van der Waals surface area contributed by atoms with Crippen LogP contribution in [0.25, 0.3) is 22.5 Å². The van der Waals surface area contributed by atoms with Crippen molar-refractivity contribution in [1.29, 1.82) is 0 Å². The average Bonchev–Trinajstić information content (AvgIpc) is 3.04. The topological polar surface area (TPSA) is 73.8 Å². The molecule has 0 aliphatic rings. The number of benzene rings is 1. The molecule has 7 heteroatoms. The van der Waals surface area contributed by atoms with Crippen molar-refractivity contribution >= 4 is 17.6 Å². The third-order valence-electron chi connectivity index (χ3n) is 3.61. The molecule has 1 aromatic carbocycles. The van der Waals surface area contributed by atoms with Crippen LogP contribution in [0.2, 0.25) is 0 Å². The molecule has 136 valence electrons. The van der Waals surface area contributed by atoms with Gasteiger partial charge in [-0.05, 0) is 50.2 Å². The van der Waals surface area contributed by atoms with E-state index in [9.17, 15) is 4.39 Å². The van der Waals surface area contributed by atoms with E-state index >= 15 is 0 Å². The first-order valence-corrected chi connectivity index (χ1v) is 9.38. The highest BCUT2D eigenvalue weighted by atomic mass is 32.2. The van der Waals surface area contributed by atoms with Gasteiger partial charge in [0.2, 0.25) is 0 Å². The number of aromatic amines is 1. The molecule has 3 rings (SSSR count). The monoisotopic (exact) mass is 372 g/mol. The number of anilines is 1. The highest BCUT2D eigenvalue weighted by molar-refractivity contribution is 7.99. The van der Waals surface area contributed by atoms with Crippen LogP contribution in [-0.4, -0.2) is 38.5 Å². The largest absolute Gasteiger partial charge is 0.396 e. The maximum Gasteiger partial charge on any atom is 0.166 e. The van der Waals surface area contributed by atoms with Gasteiger partial charge in [0.25, 0.3) is 0 Å². The van der Waals surface area contributed by atoms with Gasteiger partial charge in [-0.15, -0.1) is 0 Å². The second kappa shape index (κ2) is 8.33. The Morgan fingerprint density at radius 3 is 2.65 bits per heavy atom. The Morgan fingerprint density at radius 1 is 1.19 bits per heavy atom. The van der Waals surface area contributed by atoms with E-state index < -0.39 is 0 Å². The summed E-state index contributed by atoms with van der Waals surface area (Å²) in [5, 5.41) is 13.1. The zero-order valence-electron chi connectivity index (χ0n) is 14.7. The Kier molecular flexibility index (Phi) is 5.90. The molecule has 3 N–H and O–H groups in total. The molecule has 0 aliphatic heterocycles. The van der Waals surface area contributed by atoms with Crippen LogP contribution in [0, 0.1) is 5.82 Å². The molecular weight excluding hydrogens is 351 g/mol. The minimum Gasteiger partial charge on any atom is -0.396 e. The van der Waals surface area contributed by atoms with Gasteiger partial charge in [0.15, 0.2) is 5.16 Å². The van der Waals surface area contributed by atoms with Crippen LogP contribution in [0.5, 0.6) is 0 Å². The zero-order valence-corrected chi connectivity index (χ0v) is 15.5. The third kappa shape index (κ3) is 4.42. The van der Waals surface area contributed by atoms with Crippen LogP contribution in [0.3, 0.4) is 0 Å². The SMILES string of the molecule is CC(C)Nc1cc(-c2nc(SCCO)[nH]c2-c2ccc(F)cc2)ccn1. The van der Waals surface area contributed by atoms with E-state index in [1.54, 1.807) is 18.3 Å². The summed E-state index contributed by atoms with van der Waals surface area (Å²) in [4.78, 5) is 12.3. The van der Waals surface area contributed by atoms with E-state index in [1.165, 1.54) is 23.9 Å². The molecule has 5 nitrogen and oxygen atoms in total. The average molecular weight is 372 g/mol. The van der Waals surface area contributed by atoms with Gasteiger partial charge in [0.1, 0.15) is 11.6 Å². The number of nitrogens with zero attached hydrogens (tertiary/aromatic N) is 2. The van der Waals surface area contributed by atoms with E-state index in [-0.39, 0.29) is 18.5 Å². The van der Waals surface area contributed by atoms with Crippen molar-refractivity contribution in [1.82, 2.24) is 15.0 Å². The number of aromatic nitrogens is 3. The van der Waals surface area contributed by atoms with Crippen molar-refractivity contribution in [2.75, 3.05) is 17.7 Å². The van der Waals surface area contributed by atoms with E-state index in [0.29, 0.717) is 10.9 Å². The summed E-state index contributed by atoms with van der Waals surface area (Å²) in [5.41, 5.74) is 3.34. The molecule has 0 spiro atoms. The first kappa shape index (κ1) is 18.4. The summed E-state index contributed by atoms with van der Waals surface area (Å²) in [5.74, 6) is 1.04. The summed E-state index contributed by atoms with van der Waals surface area (Å²) in [6, 6.07) is 10.4. The van der Waals surface area contributed by atoms with Gasteiger partial charge >= 0.3 is 0 Å². The minimum absolute atomic E-state index is 0.0737. The number of nitrogens with one attached hydrogen (secondary N) is 2. The molecule has 0 unspecified atom stereocenters. The number of aliphatic hydroxyl groups excluding tert-OH is 1. The maximum atomic E-state index is 13.3. The quantitative estimate of drug-likeness (QED) is 0.543. The smallest absolute Gasteiger partial charge is 0.166 e. The zero-order chi connectivity index (χ0) is 18.5. The number of thioether (sulfide) groups is 1. The van der Waals surface area contributed by atoms with Crippen LogP contribution >= 0.6 is 11.8 Å². The molecule has 0 bridgehead atoms. The molecule has 0 amide bonds. The fourth-order valence-corrected chi connectivity index (χ4v) is 3.16. The summed E-state index contributed by atoms with van der Waals surface area (Å²) in [7, 11) is 0. The number of rotatable bonds is 7. The lowest BCUT2D eigenvalue weighted by molar-refractivity contribution is 0.322. The maximum absolute atomic E-state index is 13.3. The van der Waals surface area contributed by atoms with Gasteiger partial charge in [-0.1, -0.05) is 11.8 Å². The third-order valence-corrected chi connectivity index (χ3v) is 4.47. The molecule has 0 fully saturated rings. The van der Waals surface area contributed by atoms with Crippen molar-refractivity contribution in [2.45, 2.75) is 25.0 Å². The van der Waals surface area contributed by atoms with Crippen LogP contribution in [0.15, 0.2) is 47.8 Å². The predicted molar refractivity (Wildman–Crippen MR) is 104 cm³/mol. The molecule has 0 atom stereocenters. The highest BCUT2D eigenvalue weighted by Crippen LogP contribution is 2.33. The molecule has 0 aliphatic carbocycles. The minimum atomic E-state index is -0.281. The lowest BCUT2D eigenvalue weighted by Gasteiger charge is -2.10. The molecule has 0 saturated heterocycles. The number of imidazole rings is 1. The Morgan fingerprint density at radius 2 is 1.96 bits per heavy atom. The first-order valence-electron chi connectivity index (χ1n) is 8.39. The van der Waals surface area contributed by atoms with Crippen molar-refractivity contribution < 1.29 is 9.50 Å². The van der Waals surface area contributed by atoms with Crippen molar-refractivity contribution in [3.63, 3.8) is 0 Å². The summed E-state index contributed by atoms with van der Waals surface area (Å²) >= 11 is 1.44. The van der Waals surface area contributed by atoms with Crippen molar-refractivity contribution in [3.8, 4) is 22.5 Å². The number of hydrogen-bond acceptors (Lipinski definition) is 5. The second-order valence-corrected chi connectivity index (χ2v) is 7.16. The number of hydrogen-bond donors (Lipinski definition) is 3. The van der Waals surface area contributed by atoms with E-state index in [0.717, 1.165) is 28.3 Å². The lowest BCUT2D eigenvalue weighted by Crippen LogP contribution is -2.10. The predicted octanol–water partition coefficient (Wildman–Crippen LogP) is 4.18. The van der Waals surface area contributed by atoms with Gasteiger partial charge in [0, 0.05) is 29.1 Å². The van der Waals surface area contributed by atoms with Crippen LogP contribution in [-0.2, 0) is 0 Å². The molecule has 2 heterocycles. The fourth-order valence-electron chi connectivity index (χ4n) is 2.55. The van der Waals surface area contributed by atoms with Crippen LogP contribution < -0.4 is 5.32 Å². The first-order chi connectivity index (χ1) is 12.6. The van der Waals surface area contributed by atoms with Gasteiger partial charge in [-0.3, -0.25) is 0 Å². The van der Waals surface area contributed by atoms with E-state index in [1.807, 2.05) is 12.1 Å². The standard InChI is InChI=1S/C19H21FN4OS/c1-12(2)22-16-11-14(7-8-21-16)18-17(13-3-5-15(20)6-4-13)23-19(24-18)26-10-9-25/h3-8,11-12,25H,9-10H2,1-2H3,(H,21,22)(H,23,24). The van der Waals surface area contributed by atoms with Crippen molar-refractivity contribution in [3.05, 3.63) is 48.4 Å². The van der Waals surface area contributed by atoms with Gasteiger partial charge < -0.3 is 15.4 Å². The van der Waals surface area contributed by atoms with E-state index in [2.05, 4.69) is 34.1 Å². The van der Waals surface area contributed by atoms with Gasteiger partial charge in [-0.2, -0.15) is 0 Å². The van der Waals surface area contributed by atoms with Crippen LogP contribution in [0.1, 0.15) is 13.8 Å². The molecule has 3 aromatic rings. The Labute approximate surface area is 156 Å². The fraction of sp³-hybridized carbons (Fsp3) is 0.263. The number of aliphatic hydroxyl groups is 1. The Bertz CT molecular complexity index is 864. The van der Waals surface area contributed by atoms with Gasteiger partial charge in [0.05, 0.1) is 18.0 Å². The second-order valence-electron chi connectivity index (χ2n) is 6.07. The summed E-state index contributed by atoms with van der Waals surface area (Å²) < 4.78 is 13.3. The van der Waals surface area contributed by atoms with Crippen molar-refractivity contribution in [2.24, 2.45) is 0 Å². The number of pyridine rings is 1. The normalized spacial score (nSPS) is 11.1. The molecule has 0 radical (unpaired) electrons. The molecule has 26 heavy (non-hydrogen) atoms. The molecule has 2 aromatic heterocycles. The Hall–Kier alpha value is -2.38. The molecule has 0 saturated carbocycles. The number of H-pyrrole nitrogens is 1. The Balaban J connectivity index is 2.04. The van der Waals surface area contributed by atoms with E-state index in [4.69, 9.17) is 5.11 Å². The summed E-state index contributed by atoms with van der Waals surface area (Å²) in [6.07, 6.45) is 1.74. The van der Waals surface area contributed by atoms with Gasteiger partial charge in [-0.25, -0.2) is 14.4 Å². The summed E-state index contributed by atoms with van der Waals surface area (Å²) in [6.45, 7) is 4.18. The molecular formula is C19H21FN4OS.